The van der Waals surface area contributed by atoms with E-state index in [1.807, 2.05) is 0 Å². The summed E-state index contributed by atoms with van der Waals surface area (Å²) in [6.45, 7) is 0. The fourth-order valence-corrected chi connectivity index (χ4v) is 5.94. The SMILES string of the molecule is Fc1ccc(F)[c]([Al]([c]2cccc(F)c2F)[c]2c(F)c(F)c(F)c(F)c2F)c1. The summed E-state index contributed by atoms with van der Waals surface area (Å²) in [5.41, 5.74) is 0. The van der Waals surface area contributed by atoms with E-state index in [9.17, 15) is 39.5 Å². The smallest absolute Gasteiger partial charge is 0.208 e. The van der Waals surface area contributed by atoms with Crippen molar-refractivity contribution in [3.63, 3.8) is 0 Å². The summed E-state index contributed by atoms with van der Waals surface area (Å²) < 4.78 is 122. The number of rotatable bonds is 3. The minimum absolute atomic E-state index is 0.453. The summed E-state index contributed by atoms with van der Waals surface area (Å²) in [5.74, 6) is -17.3. The van der Waals surface area contributed by atoms with Crippen LogP contribution >= 0.6 is 0 Å². The molecule has 144 valence electrons. The molecule has 0 radical (unpaired) electrons. The normalized spacial score (nSPS) is 11.0. The summed E-state index contributed by atoms with van der Waals surface area (Å²) >= 11 is -4.23. The molecule has 0 aliphatic rings. The third-order valence-electron chi connectivity index (χ3n) is 4.09. The van der Waals surface area contributed by atoms with Gasteiger partial charge in [0.25, 0.3) is 0 Å². The highest BCUT2D eigenvalue weighted by Gasteiger charge is 2.40. The summed E-state index contributed by atoms with van der Waals surface area (Å²) in [4.78, 5) is 0. The maximum Gasteiger partial charge on any atom is 0.403 e. The van der Waals surface area contributed by atoms with E-state index in [0.29, 0.717) is 24.3 Å². The number of hydrogen-bond donors (Lipinski definition) is 0. The molecule has 0 aliphatic carbocycles. The van der Waals surface area contributed by atoms with E-state index in [-0.39, 0.29) is 0 Å². The second-order valence-corrected chi connectivity index (χ2v) is 8.41. The van der Waals surface area contributed by atoms with Crippen LogP contribution < -0.4 is 13.3 Å². The molecule has 0 atom stereocenters. The average molecular weight is 420 g/mol. The van der Waals surface area contributed by atoms with Crippen LogP contribution in [0.5, 0.6) is 0 Å². The summed E-state index contributed by atoms with van der Waals surface area (Å²) in [6, 6.07) is 4.02. The third kappa shape index (κ3) is 3.27. The molecule has 0 aliphatic heterocycles. The first-order valence-electron chi connectivity index (χ1n) is 7.55. The van der Waals surface area contributed by atoms with Crippen LogP contribution in [0.25, 0.3) is 0 Å². The van der Waals surface area contributed by atoms with Gasteiger partial charge < -0.3 is 0 Å². The van der Waals surface area contributed by atoms with Crippen LogP contribution in [0.4, 0.5) is 39.5 Å². The minimum atomic E-state index is -4.23. The largest absolute Gasteiger partial charge is 0.403 e. The van der Waals surface area contributed by atoms with Crippen molar-refractivity contribution in [1.29, 1.82) is 0 Å². The Kier molecular flexibility index (Phi) is 5.46. The Morgan fingerprint density at radius 3 is 1.68 bits per heavy atom. The zero-order valence-electron chi connectivity index (χ0n) is 13.4. The van der Waals surface area contributed by atoms with Crippen molar-refractivity contribution in [2.45, 2.75) is 0 Å². The van der Waals surface area contributed by atoms with Crippen molar-refractivity contribution in [2.75, 3.05) is 0 Å². The van der Waals surface area contributed by atoms with Gasteiger partial charge in [-0.3, -0.25) is 0 Å². The molecular formula is C18H6AlF9. The molecule has 0 heterocycles. The molecule has 0 saturated carbocycles. The maximum atomic E-state index is 14.4. The Balaban J connectivity index is 2.46. The minimum Gasteiger partial charge on any atom is -0.208 e. The highest BCUT2D eigenvalue weighted by atomic mass is 27.2. The predicted octanol–water partition coefficient (Wildman–Crippen LogP) is 3.45. The van der Waals surface area contributed by atoms with E-state index in [4.69, 9.17) is 0 Å². The molecule has 0 spiro atoms. The van der Waals surface area contributed by atoms with E-state index in [2.05, 4.69) is 0 Å². The van der Waals surface area contributed by atoms with Crippen LogP contribution in [0.15, 0.2) is 36.4 Å². The predicted molar refractivity (Wildman–Crippen MR) is 83.6 cm³/mol. The second-order valence-electron chi connectivity index (χ2n) is 5.73. The van der Waals surface area contributed by atoms with E-state index >= 15 is 0 Å². The summed E-state index contributed by atoms with van der Waals surface area (Å²) in [6.07, 6.45) is 0. The maximum absolute atomic E-state index is 14.4. The van der Waals surface area contributed by atoms with Crippen LogP contribution in [0.3, 0.4) is 0 Å². The van der Waals surface area contributed by atoms with Crippen molar-refractivity contribution in [3.05, 3.63) is 88.8 Å². The van der Waals surface area contributed by atoms with Crippen LogP contribution in [0.1, 0.15) is 0 Å². The van der Waals surface area contributed by atoms with Gasteiger partial charge in [0.15, 0.2) is 34.9 Å². The molecular weight excluding hydrogens is 414 g/mol. The Labute approximate surface area is 156 Å². The summed E-state index contributed by atoms with van der Waals surface area (Å²) in [5, 5.41) is 0. The van der Waals surface area contributed by atoms with Gasteiger partial charge in [0.2, 0.25) is 0 Å². The van der Waals surface area contributed by atoms with Gasteiger partial charge in [-0.05, 0) is 28.7 Å². The monoisotopic (exact) mass is 420 g/mol. The van der Waals surface area contributed by atoms with Crippen molar-refractivity contribution in [1.82, 2.24) is 0 Å². The molecule has 3 aromatic rings. The third-order valence-corrected chi connectivity index (χ3v) is 7.31. The molecule has 0 unspecified atom stereocenters. The summed E-state index contributed by atoms with van der Waals surface area (Å²) in [7, 11) is 0. The topological polar surface area (TPSA) is 0 Å². The van der Waals surface area contributed by atoms with Crippen LogP contribution in [0.2, 0.25) is 0 Å². The number of halogens is 9. The van der Waals surface area contributed by atoms with Crippen molar-refractivity contribution < 1.29 is 39.5 Å². The first kappa shape index (κ1) is 20.3. The van der Waals surface area contributed by atoms with Gasteiger partial charge in [0.1, 0.15) is 17.5 Å². The fraction of sp³-hybridized carbons (Fsp3) is 0. The fourth-order valence-electron chi connectivity index (χ4n) is 2.83. The molecule has 28 heavy (non-hydrogen) atoms. The van der Waals surface area contributed by atoms with Crippen LogP contribution in [-0.2, 0) is 0 Å². The van der Waals surface area contributed by atoms with Gasteiger partial charge in [0.05, 0.1) is 0 Å². The Bertz CT molecular complexity index is 1050. The average Bonchev–Trinajstić information content (AvgIpc) is 2.67. The molecule has 0 N–H and O–H groups in total. The van der Waals surface area contributed by atoms with E-state index in [0.717, 1.165) is 12.1 Å². The van der Waals surface area contributed by atoms with E-state index in [1.165, 1.54) is 0 Å². The lowest BCUT2D eigenvalue weighted by Crippen LogP contribution is -2.57. The van der Waals surface area contributed by atoms with Gasteiger partial charge in [-0.15, -0.1) is 0 Å². The highest BCUT2D eigenvalue weighted by Crippen LogP contribution is 2.18. The van der Waals surface area contributed by atoms with Gasteiger partial charge in [-0.1, -0.05) is 21.0 Å². The van der Waals surface area contributed by atoms with Gasteiger partial charge in [-0.2, -0.15) is 0 Å². The molecule has 0 nitrogen and oxygen atoms in total. The molecule has 0 aromatic heterocycles. The van der Waals surface area contributed by atoms with Gasteiger partial charge in [-0.25, -0.2) is 39.5 Å². The first-order valence-corrected chi connectivity index (χ1v) is 9.28. The lowest BCUT2D eigenvalue weighted by Gasteiger charge is -2.18. The molecule has 0 fully saturated rings. The van der Waals surface area contributed by atoms with Crippen LogP contribution in [-0.4, -0.2) is 14.1 Å². The van der Waals surface area contributed by atoms with E-state index in [1.54, 1.807) is 0 Å². The molecule has 0 saturated heterocycles. The zero-order chi connectivity index (χ0) is 20.7. The second kappa shape index (κ2) is 7.53. The quantitative estimate of drug-likeness (QED) is 0.264. The number of benzene rings is 3. The molecule has 3 aromatic carbocycles. The Hall–Kier alpha value is -2.44. The molecule has 0 bridgehead atoms. The van der Waals surface area contributed by atoms with Crippen molar-refractivity contribution in [2.24, 2.45) is 0 Å². The molecule has 10 heteroatoms. The zero-order valence-corrected chi connectivity index (χ0v) is 14.6. The lowest BCUT2D eigenvalue weighted by atomic mass is 10.3. The van der Waals surface area contributed by atoms with Crippen molar-refractivity contribution in [3.8, 4) is 0 Å². The van der Waals surface area contributed by atoms with Crippen molar-refractivity contribution >= 4 is 27.4 Å². The van der Waals surface area contributed by atoms with Gasteiger partial charge >= 0.3 is 14.1 Å². The Morgan fingerprint density at radius 1 is 0.500 bits per heavy atom. The molecule has 0 amide bonds. The van der Waals surface area contributed by atoms with Crippen LogP contribution in [0, 0.1) is 52.4 Å². The highest BCUT2D eigenvalue weighted by molar-refractivity contribution is 6.95. The first-order chi connectivity index (χ1) is 13.1. The van der Waals surface area contributed by atoms with Gasteiger partial charge in [0, 0.05) is 0 Å². The standard InChI is InChI=1S/C6F5.2C6H3F2.Al/c7-2-1-3(8)5(10)6(11)4(2)9;7-5-1-2-6(8)4-3-5;7-5-3-1-2-4-6(5)8;/h;2*1-3H;. The number of hydrogen-bond acceptors (Lipinski definition) is 0. The van der Waals surface area contributed by atoms with E-state index < -0.39 is 79.8 Å². The molecule has 3 rings (SSSR count). The Morgan fingerprint density at radius 2 is 1.07 bits per heavy atom. The lowest BCUT2D eigenvalue weighted by molar-refractivity contribution is 0.384.